The summed E-state index contributed by atoms with van der Waals surface area (Å²) < 4.78 is 13.3. The van der Waals surface area contributed by atoms with Gasteiger partial charge in [0.25, 0.3) is 11.6 Å². The number of carbonyl (C=O) groups excluding carboxylic acids is 1. The van der Waals surface area contributed by atoms with Crippen molar-refractivity contribution in [2.24, 2.45) is 0 Å². The average molecular weight is 253 g/mol. The maximum Gasteiger partial charge on any atom is 0.295 e. The van der Waals surface area contributed by atoms with Crippen LogP contribution in [0.25, 0.3) is 0 Å². The van der Waals surface area contributed by atoms with Gasteiger partial charge in [-0.2, -0.15) is 0 Å². The number of hydrogen-bond acceptors (Lipinski definition) is 4. The molecule has 0 saturated heterocycles. The number of amides is 1. The van der Waals surface area contributed by atoms with Crippen molar-refractivity contribution in [3.8, 4) is 0 Å². The Morgan fingerprint density at radius 3 is 2.67 bits per heavy atom. The average Bonchev–Trinajstić information content (AvgIpc) is 3.13. The number of nitrogen functional groups attached to an aromatic ring is 1. The van der Waals surface area contributed by atoms with Gasteiger partial charge in [0.2, 0.25) is 0 Å². The summed E-state index contributed by atoms with van der Waals surface area (Å²) in [7, 11) is 1.58. The molecule has 2 rings (SSSR count). The van der Waals surface area contributed by atoms with Crippen molar-refractivity contribution in [3.05, 3.63) is 33.6 Å². The number of rotatable bonds is 3. The van der Waals surface area contributed by atoms with Crippen LogP contribution in [0.5, 0.6) is 0 Å². The van der Waals surface area contributed by atoms with E-state index in [0.717, 1.165) is 18.9 Å². The maximum atomic E-state index is 13.3. The molecule has 0 atom stereocenters. The largest absolute Gasteiger partial charge is 0.393 e. The minimum absolute atomic E-state index is 0.124. The summed E-state index contributed by atoms with van der Waals surface area (Å²) in [4.78, 5) is 23.4. The maximum absolute atomic E-state index is 13.3. The molecule has 1 aromatic carbocycles. The molecule has 1 saturated carbocycles. The van der Waals surface area contributed by atoms with E-state index in [4.69, 9.17) is 5.73 Å². The zero-order valence-electron chi connectivity index (χ0n) is 9.72. The van der Waals surface area contributed by atoms with E-state index in [2.05, 4.69) is 0 Å². The molecule has 18 heavy (non-hydrogen) atoms. The van der Waals surface area contributed by atoms with E-state index in [-0.39, 0.29) is 17.3 Å². The number of nitrogens with two attached hydrogens (primary N) is 1. The first-order valence-electron chi connectivity index (χ1n) is 5.42. The van der Waals surface area contributed by atoms with E-state index < -0.39 is 22.3 Å². The summed E-state index contributed by atoms with van der Waals surface area (Å²) in [5, 5.41) is 10.7. The van der Waals surface area contributed by atoms with Gasteiger partial charge in [-0.15, -0.1) is 0 Å². The molecule has 0 aliphatic heterocycles. The van der Waals surface area contributed by atoms with Gasteiger partial charge in [-0.25, -0.2) is 4.39 Å². The summed E-state index contributed by atoms with van der Waals surface area (Å²) in [6.07, 6.45) is 1.78. The summed E-state index contributed by atoms with van der Waals surface area (Å²) >= 11 is 0. The van der Waals surface area contributed by atoms with Crippen molar-refractivity contribution in [3.63, 3.8) is 0 Å². The summed E-state index contributed by atoms with van der Waals surface area (Å²) in [6.45, 7) is 0. The molecule has 1 aromatic rings. The Labute approximate surface area is 102 Å². The van der Waals surface area contributed by atoms with Crippen LogP contribution in [0.15, 0.2) is 12.1 Å². The molecule has 1 amide bonds. The van der Waals surface area contributed by atoms with Gasteiger partial charge in [0.15, 0.2) is 0 Å². The monoisotopic (exact) mass is 253 g/mol. The predicted octanol–water partition coefficient (Wildman–Crippen LogP) is 1.55. The molecule has 0 spiro atoms. The number of nitro benzene ring substituents is 1. The van der Waals surface area contributed by atoms with Crippen LogP contribution in [0, 0.1) is 15.9 Å². The van der Waals surface area contributed by atoms with Gasteiger partial charge in [-0.05, 0) is 18.9 Å². The molecular formula is C11H12FN3O3. The molecule has 7 heteroatoms. The van der Waals surface area contributed by atoms with Crippen LogP contribution >= 0.6 is 0 Å². The number of benzene rings is 1. The lowest BCUT2D eigenvalue weighted by Crippen LogP contribution is -2.29. The fourth-order valence-corrected chi connectivity index (χ4v) is 1.75. The lowest BCUT2D eigenvalue weighted by Gasteiger charge is -2.17. The number of carbonyl (C=O) groups is 1. The summed E-state index contributed by atoms with van der Waals surface area (Å²) in [6, 6.07) is 1.77. The van der Waals surface area contributed by atoms with Crippen molar-refractivity contribution in [2.45, 2.75) is 18.9 Å². The number of nitro groups is 1. The summed E-state index contributed by atoms with van der Waals surface area (Å²) in [5.41, 5.74) is 4.53. The SMILES string of the molecule is CN(C(=O)c1cc(F)cc([N+](=O)[O-])c1N)C1CC1. The number of nitrogens with zero attached hydrogens (tertiary/aromatic N) is 2. The first-order valence-corrected chi connectivity index (χ1v) is 5.42. The van der Waals surface area contributed by atoms with E-state index in [9.17, 15) is 19.3 Å². The zero-order chi connectivity index (χ0) is 13.4. The van der Waals surface area contributed by atoms with Crippen LogP contribution in [0.4, 0.5) is 15.8 Å². The number of hydrogen-bond donors (Lipinski definition) is 1. The Bertz CT molecular complexity index is 529. The fraction of sp³-hybridized carbons (Fsp3) is 0.364. The molecule has 0 bridgehead atoms. The van der Waals surface area contributed by atoms with Gasteiger partial charge in [-0.1, -0.05) is 0 Å². The second kappa shape index (κ2) is 4.25. The van der Waals surface area contributed by atoms with Crippen LogP contribution in [0.3, 0.4) is 0 Å². The first kappa shape index (κ1) is 12.3. The first-order chi connectivity index (χ1) is 8.41. The van der Waals surface area contributed by atoms with Gasteiger partial charge in [-0.3, -0.25) is 14.9 Å². The second-order valence-electron chi connectivity index (χ2n) is 4.29. The van der Waals surface area contributed by atoms with E-state index in [1.807, 2.05) is 0 Å². The topological polar surface area (TPSA) is 89.5 Å². The molecule has 0 aromatic heterocycles. The smallest absolute Gasteiger partial charge is 0.295 e. The predicted molar refractivity (Wildman–Crippen MR) is 62.6 cm³/mol. The lowest BCUT2D eigenvalue weighted by atomic mass is 10.1. The second-order valence-corrected chi connectivity index (χ2v) is 4.29. The van der Waals surface area contributed by atoms with Crippen LogP contribution in [0.2, 0.25) is 0 Å². The fourth-order valence-electron chi connectivity index (χ4n) is 1.75. The molecule has 0 heterocycles. The third-order valence-corrected chi connectivity index (χ3v) is 2.97. The minimum Gasteiger partial charge on any atom is -0.393 e. The molecule has 1 fully saturated rings. The van der Waals surface area contributed by atoms with Crippen LogP contribution in [-0.2, 0) is 0 Å². The van der Waals surface area contributed by atoms with E-state index in [1.165, 1.54) is 4.90 Å². The van der Waals surface area contributed by atoms with Crippen molar-refractivity contribution in [1.82, 2.24) is 4.90 Å². The minimum atomic E-state index is -0.844. The Hall–Kier alpha value is -2.18. The van der Waals surface area contributed by atoms with Gasteiger partial charge in [0.1, 0.15) is 11.5 Å². The Morgan fingerprint density at radius 1 is 1.56 bits per heavy atom. The Balaban J connectivity index is 2.43. The molecule has 0 radical (unpaired) electrons. The summed E-state index contributed by atoms with van der Waals surface area (Å²) in [5.74, 6) is -1.33. The Morgan fingerprint density at radius 2 is 2.17 bits per heavy atom. The Kier molecular flexibility index (Phi) is 2.90. The molecular weight excluding hydrogens is 241 g/mol. The van der Waals surface area contributed by atoms with Gasteiger partial charge >= 0.3 is 0 Å². The highest BCUT2D eigenvalue weighted by molar-refractivity contribution is 6.01. The lowest BCUT2D eigenvalue weighted by molar-refractivity contribution is -0.384. The van der Waals surface area contributed by atoms with Gasteiger partial charge in [0.05, 0.1) is 16.6 Å². The van der Waals surface area contributed by atoms with Crippen molar-refractivity contribution in [1.29, 1.82) is 0 Å². The molecule has 0 unspecified atom stereocenters. The molecule has 96 valence electrons. The number of anilines is 1. The van der Waals surface area contributed by atoms with E-state index >= 15 is 0 Å². The molecule has 6 nitrogen and oxygen atoms in total. The van der Waals surface area contributed by atoms with Crippen molar-refractivity contribution < 1.29 is 14.1 Å². The van der Waals surface area contributed by atoms with E-state index in [1.54, 1.807) is 7.05 Å². The van der Waals surface area contributed by atoms with Gasteiger partial charge in [0, 0.05) is 13.1 Å². The van der Waals surface area contributed by atoms with Crippen LogP contribution in [0.1, 0.15) is 23.2 Å². The van der Waals surface area contributed by atoms with Crippen molar-refractivity contribution in [2.75, 3.05) is 12.8 Å². The molecule has 1 aliphatic rings. The van der Waals surface area contributed by atoms with Crippen LogP contribution < -0.4 is 5.73 Å². The standard InChI is InChI=1S/C11H12FN3O3/c1-14(7-2-3-7)11(16)8-4-6(12)5-9(10(8)13)15(17)18/h4-5,7H,2-3,13H2,1H3. The number of halogens is 1. The van der Waals surface area contributed by atoms with Crippen LogP contribution in [-0.4, -0.2) is 28.8 Å². The quantitative estimate of drug-likeness (QED) is 0.502. The highest BCUT2D eigenvalue weighted by Gasteiger charge is 2.32. The highest BCUT2D eigenvalue weighted by atomic mass is 19.1. The molecule has 1 aliphatic carbocycles. The normalized spacial score (nSPS) is 14.3. The highest BCUT2D eigenvalue weighted by Crippen LogP contribution is 2.31. The van der Waals surface area contributed by atoms with Gasteiger partial charge < -0.3 is 10.6 Å². The third-order valence-electron chi connectivity index (χ3n) is 2.97. The van der Waals surface area contributed by atoms with E-state index in [0.29, 0.717) is 6.07 Å². The molecule has 2 N–H and O–H groups in total. The van der Waals surface area contributed by atoms with Crippen molar-refractivity contribution >= 4 is 17.3 Å². The third kappa shape index (κ3) is 2.11. The zero-order valence-corrected chi connectivity index (χ0v) is 9.72.